The first-order chi connectivity index (χ1) is 15.7. The van der Waals surface area contributed by atoms with Crippen LogP contribution in [0.1, 0.15) is 35.4 Å². The number of amides is 3. The third-order valence-electron chi connectivity index (χ3n) is 6.89. The van der Waals surface area contributed by atoms with Crippen LogP contribution in [-0.4, -0.2) is 72.5 Å². The van der Waals surface area contributed by atoms with Crippen LogP contribution in [0.2, 0.25) is 0 Å². The van der Waals surface area contributed by atoms with Crippen molar-refractivity contribution in [3.63, 3.8) is 0 Å². The van der Waals surface area contributed by atoms with Crippen LogP contribution in [-0.2, 0) is 26.8 Å². The fourth-order valence-electron chi connectivity index (χ4n) is 5.22. The van der Waals surface area contributed by atoms with E-state index in [0.29, 0.717) is 25.2 Å². The van der Waals surface area contributed by atoms with Crippen LogP contribution in [0.5, 0.6) is 0 Å². The zero-order valence-electron chi connectivity index (χ0n) is 18.7. The molecule has 33 heavy (non-hydrogen) atoms. The van der Waals surface area contributed by atoms with Crippen molar-refractivity contribution in [1.29, 1.82) is 0 Å². The van der Waals surface area contributed by atoms with Crippen molar-refractivity contribution in [3.05, 3.63) is 46.8 Å². The van der Waals surface area contributed by atoms with Gasteiger partial charge in [0.2, 0.25) is 10.0 Å². The monoisotopic (exact) mass is 473 g/mol. The minimum atomic E-state index is -3.72. The van der Waals surface area contributed by atoms with E-state index in [-0.39, 0.29) is 36.3 Å². The van der Waals surface area contributed by atoms with Gasteiger partial charge in [-0.3, -0.25) is 9.69 Å². The molecule has 176 valence electrons. The number of aryl methyl sites for hydroxylation is 3. The van der Waals surface area contributed by atoms with Crippen LogP contribution in [0.15, 0.2) is 33.7 Å². The van der Waals surface area contributed by atoms with E-state index >= 15 is 0 Å². The number of imide groups is 1. The van der Waals surface area contributed by atoms with Gasteiger partial charge < -0.3 is 9.84 Å². The molecule has 3 amide bonds. The molecule has 2 saturated heterocycles. The average molecular weight is 474 g/mol. The fourth-order valence-corrected chi connectivity index (χ4v) is 6.94. The van der Waals surface area contributed by atoms with Gasteiger partial charge in [-0.2, -0.15) is 4.31 Å². The third-order valence-corrected chi connectivity index (χ3v) is 9.03. The van der Waals surface area contributed by atoms with Crippen LogP contribution < -0.4 is 5.32 Å². The molecular weight excluding hydrogens is 446 g/mol. The number of hydrogen-bond acceptors (Lipinski definition) is 7. The molecular formula is C22H27N5O5S. The highest BCUT2D eigenvalue weighted by atomic mass is 32.2. The van der Waals surface area contributed by atoms with Crippen molar-refractivity contribution in [2.75, 3.05) is 32.8 Å². The summed E-state index contributed by atoms with van der Waals surface area (Å²) in [5.41, 5.74) is 1.32. The Bertz CT molecular complexity index is 1200. The van der Waals surface area contributed by atoms with Gasteiger partial charge >= 0.3 is 6.03 Å². The molecule has 0 saturated carbocycles. The normalized spacial score (nSPS) is 24.4. The number of nitrogens with one attached hydrogen (secondary N) is 1. The Morgan fingerprint density at radius 3 is 2.55 bits per heavy atom. The fraction of sp³-hybridized carbons (Fsp3) is 0.500. The Morgan fingerprint density at radius 2 is 1.85 bits per heavy atom. The van der Waals surface area contributed by atoms with Crippen molar-refractivity contribution in [2.24, 2.45) is 0 Å². The van der Waals surface area contributed by atoms with E-state index in [1.165, 1.54) is 9.21 Å². The number of fused-ring (bicyclic) bond motifs is 2. The lowest BCUT2D eigenvalue weighted by molar-refractivity contribution is -0.133. The molecule has 0 bridgehead atoms. The maximum absolute atomic E-state index is 13.5. The molecule has 5 rings (SSSR count). The summed E-state index contributed by atoms with van der Waals surface area (Å²) < 4.78 is 32.5. The first-order valence-electron chi connectivity index (χ1n) is 11.1. The highest BCUT2D eigenvalue weighted by Crippen LogP contribution is 2.40. The number of hydrogen-bond donors (Lipinski definition) is 1. The molecule has 3 heterocycles. The molecule has 1 atom stereocenters. The van der Waals surface area contributed by atoms with Crippen molar-refractivity contribution in [3.8, 4) is 0 Å². The van der Waals surface area contributed by atoms with Crippen LogP contribution in [0, 0.1) is 13.8 Å². The average Bonchev–Trinajstić information content (AvgIpc) is 3.26. The van der Waals surface area contributed by atoms with Crippen molar-refractivity contribution < 1.29 is 22.5 Å². The number of sulfonamides is 1. The van der Waals surface area contributed by atoms with Gasteiger partial charge in [-0.15, -0.1) is 0 Å². The van der Waals surface area contributed by atoms with Crippen molar-refractivity contribution in [1.82, 2.24) is 24.6 Å². The van der Waals surface area contributed by atoms with Crippen LogP contribution >= 0.6 is 0 Å². The van der Waals surface area contributed by atoms with Gasteiger partial charge in [0.25, 0.3) is 5.91 Å². The zero-order chi connectivity index (χ0) is 23.4. The molecule has 1 spiro atoms. The third kappa shape index (κ3) is 3.46. The Hall–Kier alpha value is -2.76. The van der Waals surface area contributed by atoms with E-state index in [1.807, 2.05) is 29.2 Å². The lowest BCUT2D eigenvalue weighted by atomic mass is 9.76. The number of piperazine rings is 1. The molecule has 11 heteroatoms. The van der Waals surface area contributed by atoms with E-state index in [9.17, 15) is 18.0 Å². The summed E-state index contributed by atoms with van der Waals surface area (Å²) in [5.74, 6) is 0.0396. The number of nitrogens with zero attached hydrogens (tertiary/aromatic N) is 4. The van der Waals surface area contributed by atoms with Gasteiger partial charge in [0, 0.05) is 26.2 Å². The number of carbonyl (C=O) groups excluding carboxylic acids is 2. The van der Waals surface area contributed by atoms with Gasteiger partial charge in [-0.1, -0.05) is 29.4 Å². The minimum absolute atomic E-state index is 0.114. The topological polar surface area (TPSA) is 116 Å². The molecule has 1 aromatic carbocycles. The first kappa shape index (κ1) is 22.1. The van der Waals surface area contributed by atoms with E-state index in [0.717, 1.165) is 24.0 Å². The number of carbonyl (C=O) groups is 2. The van der Waals surface area contributed by atoms with Gasteiger partial charge in [0.1, 0.15) is 16.1 Å². The molecule has 10 nitrogen and oxygen atoms in total. The Kier molecular flexibility index (Phi) is 5.30. The summed E-state index contributed by atoms with van der Waals surface area (Å²) in [6.07, 6.45) is 2.30. The smallest absolute Gasteiger partial charge is 0.326 e. The van der Waals surface area contributed by atoms with E-state index in [4.69, 9.17) is 4.52 Å². The molecule has 1 N–H and O–H groups in total. The highest BCUT2D eigenvalue weighted by Gasteiger charge is 2.54. The predicted molar refractivity (Wildman–Crippen MR) is 118 cm³/mol. The predicted octanol–water partition coefficient (Wildman–Crippen LogP) is 1.34. The largest absolute Gasteiger partial charge is 0.360 e. The Morgan fingerprint density at radius 1 is 1.12 bits per heavy atom. The van der Waals surface area contributed by atoms with Crippen LogP contribution in [0.4, 0.5) is 4.79 Å². The summed E-state index contributed by atoms with van der Waals surface area (Å²) >= 11 is 0. The number of rotatable bonds is 4. The molecule has 2 fully saturated rings. The van der Waals surface area contributed by atoms with Gasteiger partial charge in [0.15, 0.2) is 5.76 Å². The zero-order valence-corrected chi connectivity index (χ0v) is 19.5. The molecule has 2 aromatic rings. The summed E-state index contributed by atoms with van der Waals surface area (Å²) in [4.78, 5) is 29.6. The molecule has 1 aromatic heterocycles. The summed E-state index contributed by atoms with van der Waals surface area (Å²) in [6, 6.07) is 7.38. The molecule has 2 aliphatic heterocycles. The standard InChI is InChI=1S/C22H27N5O5S/c1-15-19(16(2)32-24-15)33(30,31)26-12-10-25(11-13-26)14-27-20(28)22(23-21(27)29)9-5-7-17-6-3-4-8-18(17)22/h3-4,6,8H,5,7,9-14H2,1-2H3,(H,23,29)/t22-/m0/s1. The van der Waals surface area contributed by atoms with Gasteiger partial charge in [-0.25, -0.2) is 18.1 Å². The summed E-state index contributed by atoms with van der Waals surface area (Å²) in [7, 11) is -3.72. The van der Waals surface area contributed by atoms with Crippen molar-refractivity contribution in [2.45, 2.75) is 43.5 Å². The lowest BCUT2D eigenvalue weighted by Gasteiger charge is -2.36. The molecule has 0 unspecified atom stereocenters. The van der Waals surface area contributed by atoms with E-state index in [1.54, 1.807) is 13.8 Å². The summed E-state index contributed by atoms with van der Waals surface area (Å²) in [5, 5.41) is 6.72. The summed E-state index contributed by atoms with van der Waals surface area (Å²) in [6.45, 7) is 4.64. The van der Waals surface area contributed by atoms with E-state index in [2.05, 4.69) is 10.5 Å². The van der Waals surface area contributed by atoms with Gasteiger partial charge in [0.05, 0.1) is 6.67 Å². The molecule has 1 aliphatic carbocycles. The number of aromatic nitrogens is 1. The number of benzene rings is 1. The van der Waals surface area contributed by atoms with E-state index < -0.39 is 21.6 Å². The second kappa shape index (κ2) is 7.93. The SMILES string of the molecule is Cc1noc(C)c1S(=O)(=O)N1CCN(CN2C(=O)N[C@]3(CCCc4ccccc43)C2=O)CC1. The second-order valence-electron chi connectivity index (χ2n) is 8.90. The lowest BCUT2D eigenvalue weighted by Crippen LogP contribution is -2.53. The first-order valence-corrected chi connectivity index (χ1v) is 12.6. The van der Waals surface area contributed by atoms with Crippen LogP contribution in [0.3, 0.4) is 0 Å². The van der Waals surface area contributed by atoms with Gasteiger partial charge in [-0.05, 0) is 44.2 Å². The Labute approximate surface area is 192 Å². The quantitative estimate of drug-likeness (QED) is 0.666. The second-order valence-corrected chi connectivity index (χ2v) is 10.8. The highest BCUT2D eigenvalue weighted by molar-refractivity contribution is 7.89. The maximum Gasteiger partial charge on any atom is 0.326 e. The number of urea groups is 1. The van der Waals surface area contributed by atoms with Crippen LogP contribution in [0.25, 0.3) is 0 Å². The Balaban J connectivity index is 1.28. The molecule has 3 aliphatic rings. The maximum atomic E-state index is 13.5. The minimum Gasteiger partial charge on any atom is -0.360 e. The molecule has 0 radical (unpaired) electrons. The van der Waals surface area contributed by atoms with Crippen molar-refractivity contribution >= 4 is 22.0 Å².